The molecule has 0 spiro atoms. The van der Waals surface area contributed by atoms with Crippen LogP contribution in [0, 0.1) is 0 Å². The molecule has 0 unspecified atom stereocenters. The molecular formula is C23H22N4O3S. The van der Waals surface area contributed by atoms with E-state index in [0.717, 1.165) is 28.1 Å². The first-order valence-corrected chi connectivity index (χ1v) is 10.9. The van der Waals surface area contributed by atoms with Crippen LogP contribution in [0.1, 0.15) is 36.9 Å². The second-order valence-electron chi connectivity index (χ2n) is 7.37. The lowest BCUT2D eigenvalue weighted by molar-refractivity contribution is -0.120. The fourth-order valence-corrected chi connectivity index (χ4v) is 4.28. The van der Waals surface area contributed by atoms with Gasteiger partial charge in [0, 0.05) is 30.0 Å². The number of hydrogen-bond acceptors (Lipinski definition) is 5. The molecule has 3 N–H and O–H groups in total. The van der Waals surface area contributed by atoms with Crippen LogP contribution >= 0.6 is 11.3 Å². The highest BCUT2D eigenvalue weighted by atomic mass is 32.1. The van der Waals surface area contributed by atoms with E-state index in [1.807, 2.05) is 53.9 Å². The number of carbonyl (C=O) groups excluding carboxylic acids is 3. The Morgan fingerprint density at radius 1 is 1.16 bits per heavy atom. The van der Waals surface area contributed by atoms with Crippen LogP contribution in [0.5, 0.6) is 0 Å². The highest BCUT2D eigenvalue weighted by molar-refractivity contribution is 7.14. The van der Waals surface area contributed by atoms with Crippen molar-refractivity contribution >= 4 is 39.9 Å². The molecule has 7 nitrogen and oxygen atoms in total. The Hall–Kier alpha value is -3.52. The average Bonchev–Trinajstić information content (AvgIpc) is 3.21. The van der Waals surface area contributed by atoms with E-state index < -0.39 is 6.04 Å². The first kappa shape index (κ1) is 20.7. The first-order valence-electron chi connectivity index (χ1n) is 9.98. The Kier molecular flexibility index (Phi) is 6.08. The van der Waals surface area contributed by atoms with Gasteiger partial charge in [0.2, 0.25) is 17.7 Å². The van der Waals surface area contributed by atoms with Crippen molar-refractivity contribution in [1.82, 2.24) is 10.3 Å². The standard InChI is InChI=1S/C23H22N4O3S/c1-14(28)24-19(15-5-3-2-4-6-15)12-22(30)27-23-26-20(13-31-23)17-7-9-18-16(11-17)8-10-21(29)25-18/h2-7,9,11,13,19H,8,10,12H2,1H3,(H,24,28)(H,25,29)(H,26,27,30)/t19-/m1/s1. The molecule has 0 aliphatic carbocycles. The predicted octanol–water partition coefficient (Wildman–Crippen LogP) is 3.90. The fourth-order valence-electron chi connectivity index (χ4n) is 3.55. The van der Waals surface area contributed by atoms with Crippen LogP contribution < -0.4 is 16.0 Å². The van der Waals surface area contributed by atoms with Crippen molar-refractivity contribution in [2.24, 2.45) is 0 Å². The molecule has 1 atom stereocenters. The van der Waals surface area contributed by atoms with Gasteiger partial charge in [0.15, 0.2) is 5.13 Å². The molecule has 0 bridgehead atoms. The summed E-state index contributed by atoms with van der Waals surface area (Å²) in [6, 6.07) is 14.8. The summed E-state index contributed by atoms with van der Waals surface area (Å²) in [5.74, 6) is -0.384. The van der Waals surface area contributed by atoms with Gasteiger partial charge in [-0.3, -0.25) is 14.4 Å². The molecule has 8 heteroatoms. The molecule has 1 aliphatic rings. The lowest BCUT2D eigenvalue weighted by atomic mass is 9.99. The van der Waals surface area contributed by atoms with Crippen LogP contribution in [0.15, 0.2) is 53.9 Å². The SMILES string of the molecule is CC(=O)N[C@H](CC(=O)Nc1nc(-c2ccc3c(c2)CCC(=O)N3)cs1)c1ccccc1. The Labute approximate surface area is 183 Å². The molecule has 2 aromatic carbocycles. The van der Waals surface area contributed by atoms with Crippen LogP contribution in [0.4, 0.5) is 10.8 Å². The number of carbonyl (C=O) groups is 3. The summed E-state index contributed by atoms with van der Waals surface area (Å²) >= 11 is 1.35. The number of nitrogens with zero attached hydrogens (tertiary/aromatic N) is 1. The summed E-state index contributed by atoms with van der Waals surface area (Å²) in [5, 5.41) is 10.9. The van der Waals surface area contributed by atoms with Crippen molar-refractivity contribution in [3.8, 4) is 11.3 Å². The van der Waals surface area contributed by atoms with Gasteiger partial charge in [0.1, 0.15) is 0 Å². The summed E-state index contributed by atoms with van der Waals surface area (Å²) in [6.45, 7) is 1.44. The second-order valence-corrected chi connectivity index (χ2v) is 8.23. The molecule has 31 heavy (non-hydrogen) atoms. The highest BCUT2D eigenvalue weighted by Crippen LogP contribution is 2.30. The monoisotopic (exact) mass is 434 g/mol. The summed E-state index contributed by atoms with van der Waals surface area (Å²) in [6.07, 6.45) is 1.29. The molecule has 0 saturated carbocycles. The molecular weight excluding hydrogens is 412 g/mol. The molecule has 3 amide bonds. The second kappa shape index (κ2) is 9.09. The quantitative estimate of drug-likeness (QED) is 0.548. The fraction of sp³-hybridized carbons (Fsp3) is 0.217. The minimum Gasteiger partial charge on any atom is -0.349 e. The number of aryl methyl sites for hydroxylation is 1. The van der Waals surface area contributed by atoms with Crippen molar-refractivity contribution in [1.29, 1.82) is 0 Å². The predicted molar refractivity (Wildman–Crippen MR) is 121 cm³/mol. The Morgan fingerprint density at radius 2 is 1.97 bits per heavy atom. The minimum atomic E-state index is -0.408. The number of aromatic nitrogens is 1. The topological polar surface area (TPSA) is 100 Å². The van der Waals surface area contributed by atoms with E-state index in [4.69, 9.17) is 0 Å². The van der Waals surface area contributed by atoms with Crippen LogP contribution in [0.3, 0.4) is 0 Å². The number of fused-ring (bicyclic) bond motifs is 1. The van der Waals surface area contributed by atoms with Crippen molar-refractivity contribution < 1.29 is 14.4 Å². The normalized spacial score (nSPS) is 13.6. The van der Waals surface area contributed by atoms with Gasteiger partial charge in [-0.1, -0.05) is 36.4 Å². The zero-order valence-corrected chi connectivity index (χ0v) is 17.8. The number of rotatable bonds is 6. The lowest BCUT2D eigenvalue weighted by Gasteiger charge is -2.17. The summed E-state index contributed by atoms with van der Waals surface area (Å²) in [7, 11) is 0. The largest absolute Gasteiger partial charge is 0.349 e. The van der Waals surface area contributed by atoms with E-state index in [1.54, 1.807) is 0 Å². The average molecular weight is 435 g/mol. The number of thiazole rings is 1. The van der Waals surface area contributed by atoms with Crippen LogP contribution in [0.2, 0.25) is 0 Å². The number of anilines is 2. The molecule has 3 aromatic rings. The minimum absolute atomic E-state index is 0.0342. The zero-order chi connectivity index (χ0) is 21.8. The summed E-state index contributed by atoms with van der Waals surface area (Å²) in [5.41, 5.74) is 4.49. The maximum Gasteiger partial charge on any atom is 0.228 e. The van der Waals surface area contributed by atoms with Gasteiger partial charge in [-0.05, 0) is 29.7 Å². The molecule has 2 heterocycles. The zero-order valence-electron chi connectivity index (χ0n) is 17.0. The lowest BCUT2D eigenvalue weighted by Crippen LogP contribution is -2.29. The number of amides is 3. The van der Waals surface area contributed by atoms with Gasteiger partial charge in [0.25, 0.3) is 0 Å². The van der Waals surface area contributed by atoms with E-state index >= 15 is 0 Å². The molecule has 0 radical (unpaired) electrons. The molecule has 4 rings (SSSR count). The van der Waals surface area contributed by atoms with E-state index in [1.165, 1.54) is 18.3 Å². The highest BCUT2D eigenvalue weighted by Gasteiger charge is 2.19. The van der Waals surface area contributed by atoms with Crippen LogP contribution in [0.25, 0.3) is 11.3 Å². The van der Waals surface area contributed by atoms with Gasteiger partial charge < -0.3 is 16.0 Å². The number of hydrogen-bond donors (Lipinski definition) is 3. The van der Waals surface area contributed by atoms with Gasteiger partial charge in [-0.25, -0.2) is 4.98 Å². The van der Waals surface area contributed by atoms with Crippen molar-refractivity contribution in [2.45, 2.75) is 32.2 Å². The van der Waals surface area contributed by atoms with Crippen molar-refractivity contribution in [3.05, 3.63) is 65.0 Å². The third-order valence-electron chi connectivity index (χ3n) is 5.02. The smallest absolute Gasteiger partial charge is 0.228 e. The van der Waals surface area contributed by atoms with Gasteiger partial charge in [0.05, 0.1) is 18.2 Å². The molecule has 1 aromatic heterocycles. The van der Waals surface area contributed by atoms with Gasteiger partial charge in [-0.2, -0.15) is 0 Å². The Balaban J connectivity index is 1.44. The van der Waals surface area contributed by atoms with Crippen LogP contribution in [-0.2, 0) is 20.8 Å². The van der Waals surface area contributed by atoms with Gasteiger partial charge >= 0.3 is 0 Å². The molecule has 158 valence electrons. The van der Waals surface area contributed by atoms with Crippen molar-refractivity contribution in [3.63, 3.8) is 0 Å². The molecule has 1 aliphatic heterocycles. The van der Waals surface area contributed by atoms with E-state index in [9.17, 15) is 14.4 Å². The Bertz CT molecular complexity index is 1130. The van der Waals surface area contributed by atoms with E-state index in [2.05, 4.69) is 20.9 Å². The molecule has 0 saturated heterocycles. The number of nitrogens with one attached hydrogen (secondary N) is 3. The van der Waals surface area contributed by atoms with E-state index in [-0.39, 0.29) is 24.1 Å². The van der Waals surface area contributed by atoms with Crippen molar-refractivity contribution in [2.75, 3.05) is 10.6 Å². The number of benzene rings is 2. The first-order chi connectivity index (χ1) is 15.0. The van der Waals surface area contributed by atoms with Crippen LogP contribution in [-0.4, -0.2) is 22.7 Å². The maximum absolute atomic E-state index is 12.6. The van der Waals surface area contributed by atoms with Gasteiger partial charge in [-0.15, -0.1) is 11.3 Å². The maximum atomic E-state index is 12.6. The summed E-state index contributed by atoms with van der Waals surface area (Å²) in [4.78, 5) is 40.2. The third-order valence-corrected chi connectivity index (χ3v) is 5.77. The van der Waals surface area contributed by atoms with E-state index in [0.29, 0.717) is 18.0 Å². The molecule has 0 fully saturated rings. The Morgan fingerprint density at radius 3 is 2.74 bits per heavy atom. The summed E-state index contributed by atoms with van der Waals surface area (Å²) < 4.78 is 0. The third kappa shape index (κ3) is 5.16.